The molecular weight excluding hydrogens is 349 g/mol. The Balaban J connectivity index is 2.16. The zero-order chi connectivity index (χ0) is 19.6. The predicted molar refractivity (Wildman–Crippen MR) is 98.6 cm³/mol. The fourth-order valence-corrected chi connectivity index (χ4v) is 3.10. The number of ether oxygens (including phenoxy) is 1. The summed E-state index contributed by atoms with van der Waals surface area (Å²) in [6.45, 7) is 3.73. The number of carbonyl (C=O) groups is 2. The number of ketones is 1. The minimum absolute atomic E-state index is 0.0429. The summed E-state index contributed by atoms with van der Waals surface area (Å²) in [5.74, 6) is -1.67. The van der Waals surface area contributed by atoms with Crippen molar-refractivity contribution in [2.45, 2.75) is 6.04 Å². The van der Waals surface area contributed by atoms with Crippen LogP contribution in [0.3, 0.4) is 0 Å². The van der Waals surface area contributed by atoms with E-state index in [1.165, 1.54) is 42.4 Å². The molecule has 0 aromatic heterocycles. The van der Waals surface area contributed by atoms with Crippen molar-refractivity contribution in [2.75, 3.05) is 13.7 Å². The minimum atomic E-state index is -0.828. The summed E-state index contributed by atoms with van der Waals surface area (Å²) in [5.41, 5.74) is 0.852. The van der Waals surface area contributed by atoms with Crippen LogP contribution in [-0.2, 0) is 9.59 Å². The highest BCUT2D eigenvalue weighted by Gasteiger charge is 2.45. The molecule has 1 unspecified atom stereocenters. The summed E-state index contributed by atoms with van der Waals surface area (Å²) >= 11 is 0. The Morgan fingerprint density at radius 2 is 1.81 bits per heavy atom. The molecule has 1 N–H and O–H groups in total. The molecule has 6 heteroatoms. The Labute approximate surface area is 156 Å². The van der Waals surface area contributed by atoms with Gasteiger partial charge in [0, 0.05) is 12.1 Å². The Kier molecular flexibility index (Phi) is 5.07. The summed E-state index contributed by atoms with van der Waals surface area (Å²) < 4.78 is 18.4. The van der Waals surface area contributed by atoms with Gasteiger partial charge in [0.05, 0.1) is 18.7 Å². The lowest BCUT2D eigenvalue weighted by Crippen LogP contribution is -2.29. The molecular formula is C21H18FNO4. The number of benzene rings is 2. The molecule has 3 rings (SSSR count). The quantitative estimate of drug-likeness (QED) is 0.380. The van der Waals surface area contributed by atoms with Gasteiger partial charge in [0.2, 0.25) is 0 Å². The van der Waals surface area contributed by atoms with Crippen LogP contribution in [0.1, 0.15) is 17.2 Å². The number of likely N-dealkylation sites (tertiary alicyclic amines) is 1. The van der Waals surface area contributed by atoms with E-state index < -0.39 is 23.5 Å². The van der Waals surface area contributed by atoms with Gasteiger partial charge < -0.3 is 14.7 Å². The third kappa shape index (κ3) is 3.33. The van der Waals surface area contributed by atoms with E-state index in [1.807, 2.05) is 0 Å². The first-order chi connectivity index (χ1) is 13.0. The maximum Gasteiger partial charge on any atom is 0.295 e. The molecule has 1 atom stereocenters. The van der Waals surface area contributed by atoms with Gasteiger partial charge in [-0.3, -0.25) is 9.59 Å². The fourth-order valence-electron chi connectivity index (χ4n) is 3.10. The molecule has 0 bridgehead atoms. The smallest absolute Gasteiger partial charge is 0.295 e. The van der Waals surface area contributed by atoms with Crippen molar-refractivity contribution < 1.29 is 23.8 Å². The maximum absolute atomic E-state index is 13.3. The van der Waals surface area contributed by atoms with Crippen molar-refractivity contribution >= 4 is 17.4 Å². The highest BCUT2D eigenvalue weighted by atomic mass is 19.1. The fraction of sp³-hybridized carbons (Fsp3) is 0.143. The van der Waals surface area contributed by atoms with Crippen molar-refractivity contribution in [1.82, 2.24) is 4.90 Å². The monoisotopic (exact) mass is 367 g/mol. The topological polar surface area (TPSA) is 66.8 Å². The molecule has 5 nitrogen and oxygen atoms in total. The minimum Gasteiger partial charge on any atom is -0.507 e. The first-order valence-electron chi connectivity index (χ1n) is 8.27. The van der Waals surface area contributed by atoms with Crippen molar-refractivity contribution in [3.63, 3.8) is 0 Å². The second-order valence-corrected chi connectivity index (χ2v) is 6.02. The number of carbonyl (C=O) groups excluding carboxylic acids is 2. The van der Waals surface area contributed by atoms with E-state index in [0.717, 1.165) is 0 Å². The zero-order valence-corrected chi connectivity index (χ0v) is 14.7. The number of amides is 1. The van der Waals surface area contributed by atoms with Crippen molar-refractivity contribution in [3.8, 4) is 5.75 Å². The van der Waals surface area contributed by atoms with E-state index in [1.54, 1.807) is 24.3 Å². The van der Waals surface area contributed by atoms with Gasteiger partial charge in [-0.2, -0.15) is 0 Å². The summed E-state index contributed by atoms with van der Waals surface area (Å²) in [4.78, 5) is 26.4. The third-order valence-electron chi connectivity index (χ3n) is 4.41. The number of nitrogens with zero attached hydrogens (tertiary/aromatic N) is 1. The third-order valence-corrected chi connectivity index (χ3v) is 4.41. The molecule has 1 aliphatic rings. The van der Waals surface area contributed by atoms with Crippen molar-refractivity contribution in [2.24, 2.45) is 0 Å². The SMILES string of the molecule is C=CCN1C(=O)C(=O)/C(=C(\O)c2ccc(OC)cc2)C1c1ccc(F)cc1. The molecule has 0 spiro atoms. The van der Waals surface area contributed by atoms with Crippen molar-refractivity contribution in [1.29, 1.82) is 0 Å². The van der Waals surface area contributed by atoms with E-state index in [4.69, 9.17) is 4.74 Å². The summed E-state index contributed by atoms with van der Waals surface area (Å²) in [5, 5.41) is 10.8. The Morgan fingerprint density at radius 1 is 1.19 bits per heavy atom. The number of methoxy groups -OCH3 is 1. The standard InChI is InChI=1S/C21H18FNO4/c1-3-12-23-18(13-4-8-15(22)9-5-13)17(20(25)21(23)26)19(24)14-6-10-16(27-2)11-7-14/h3-11,18,24H,1,12H2,2H3/b19-17-. The van der Waals surface area contributed by atoms with Crippen LogP contribution in [0.4, 0.5) is 4.39 Å². The van der Waals surface area contributed by atoms with Crippen LogP contribution in [-0.4, -0.2) is 35.4 Å². The number of hydrogen-bond acceptors (Lipinski definition) is 4. The van der Waals surface area contributed by atoms with Gasteiger partial charge in [-0.25, -0.2) is 4.39 Å². The van der Waals surface area contributed by atoms with Gasteiger partial charge in [-0.1, -0.05) is 18.2 Å². The van der Waals surface area contributed by atoms with Gasteiger partial charge >= 0.3 is 0 Å². The summed E-state index contributed by atoms with van der Waals surface area (Å²) in [6.07, 6.45) is 1.50. The summed E-state index contributed by atoms with van der Waals surface area (Å²) in [6, 6.07) is 11.1. The first kappa shape index (κ1) is 18.4. The van der Waals surface area contributed by atoms with Crippen LogP contribution < -0.4 is 4.74 Å². The molecule has 2 aromatic rings. The molecule has 1 aliphatic heterocycles. The van der Waals surface area contributed by atoms with E-state index in [2.05, 4.69) is 6.58 Å². The van der Waals surface area contributed by atoms with Gasteiger partial charge in [0.1, 0.15) is 17.3 Å². The van der Waals surface area contributed by atoms with E-state index in [9.17, 15) is 19.1 Å². The molecule has 0 radical (unpaired) electrons. The average Bonchev–Trinajstić information content (AvgIpc) is 2.93. The number of aliphatic hydroxyl groups excluding tert-OH is 1. The molecule has 2 aromatic carbocycles. The lowest BCUT2D eigenvalue weighted by Gasteiger charge is -2.24. The second-order valence-electron chi connectivity index (χ2n) is 6.02. The van der Waals surface area contributed by atoms with Crippen LogP contribution in [0.15, 0.2) is 66.8 Å². The van der Waals surface area contributed by atoms with Gasteiger partial charge in [0.25, 0.3) is 11.7 Å². The molecule has 0 aliphatic carbocycles. The maximum atomic E-state index is 13.3. The Morgan fingerprint density at radius 3 is 2.37 bits per heavy atom. The number of halogens is 1. The van der Waals surface area contributed by atoms with Crippen LogP contribution in [0.5, 0.6) is 5.75 Å². The largest absolute Gasteiger partial charge is 0.507 e. The summed E-state index contributed by atoms with van der Waals surface area (Å²) in [7, 11) is 1.52. The van der Waals surface area contributed by atoms with Crippen LogP contribution in [0.25, 0.3) is 5.76 Å². The highest BCUT2D eigenvalue weighted by Crippen LogP contribution is 2.39. The molecule has 1 fully saturated rings. The van der Waals surface area contributed by atoms with Gasteiger partial charge in [0.15, 0.2) is 0 Å². The van der Waals surface area contributed by atoms with E-state index >= 15 is 0 Å². The molecule has 1 saturated heterocycles. The van der Waals surface area contributed by atoms with E-state index in [0.29, 0.717) is 16.9 Å². The Hall–Kier alpha value is -3.41. The normalized spacial score (nSPS) is 18.6. The molecule has 0 saturated carbocycles. The van der Waals surface area contributed by atoms with Crippen molar-refractivity contribution in [3.05, 3.63) is 83.7 Å². The highest BCUT2D eigenvalue weighted by molar-refractivity contribution is 6.46. The molecule has 1 heterocycles. The zero-order valence-electron chi connectivity index (χ0n) is 14.7. The van der Waals surface area contributed by atoms with Crippen LogP contribution in [0, 0.1) is 5.82 Å². The first-order valence-corrected chi connectivity index (χ1v) is 8.27. The van der Waals surface area contributed by atoms with Crippen LogP contribution in [0.2, 0.25) is 0 Å². The van der Waals surface area contributed by atoms with Crippen LogP contribution >= 0.6 is 0 Å². The molecule has 138 valence electrons. The van der Waals surface area contributed by atoms with Gasteiger partial charge in [-0.15, -0.1) is 6.58 Å². The second kappa shape index (κ2) is 7.45. The lowest BCUT2D eigenvalue weighted by molar-refractivity contribution is -0.139. The lowest BCUT2D eigenvalue weighted by atomic mass is 9.95. The molecule has 1 amide bonds. The van der Waals surface area contributed by atoms with Gasteiger partial charge in [-0.05, 0) is 42.0 Å². The number of rotatable bonds is 5. The number of aliphatic hydroxyl groups is 1. The van der Waals surface area contributed by atoms with E-state index in [-0.39, 0.29) is 17.9 Å². The predicted octanol–water partition coefficient (Wildman–Crippen LogP) is 3.44. The number of hydrogen-bond donors (Lipinski definition) is 1. The Bertz CT molecular complexity index is 916. The molecule has 27 heavy (non-hydrogen) atoms. The average molecular weight is 367 g/mol. The number of Topliss-reactive ketones (excluding diaryl/α,β-unsaturated/α-hetero) is 1.